The van der Waals surface area contributed by atoms with Crippen molar-refractivity contribution in [1.29, 1.82) is 0 Å². The van der Waals surface area contributed by atoms with Crippen LogP contribution in [0.15, 0.2) is 12.2 Å². The van der Waals surface area contributed by atoms with Crippen molar-refractivity contribution in [3.05, 3.63) is 12.2 Å². The minimum absolute atomic E-state index is 0.366. The second-order valence-electron chi connectivity index (χ2n) is 2.64. The molecule has 0 aliphatic heterocycles. The smallest absolute Gasteiger partial charge is 0.110 e. The molecule has 0 aromatic heterocycles. The van der Waals surface area contributed by atoms with E-state index in [9.17, 15) is 4.39 Å². The molecule has 0 fully saturated rings. The predicted molar refractivity (Wildman–Crippen MR) is 48.1 cm³/mol. The maximum atomic E-state index is 11.9. The van der Waals surface area contributed by atoms with Crippen molar-refractivity contribution in [3.8, 4) is 0 Å². The lowest BCUT2D eigenvalue weighted by Crippen LogP contribution is -1.99. The Balaban J connectivity index is 3.37. The van der Waals surface area contributed by atoms with Crippen molar-refractivity contribution in [2.45, 2.75) is 31.8 Å². The molecule has 2 heteroatoms. The van der Waals surface area contributed by atoms with E-state index in [0.29, 0.717) is 11.2 Å². The van der Waals surface area contributed by atoms with Crippen LogP contribution < -0.4 is 0 Å². The lowest BCUT2D eigenvalue weighted by atomic mass is 10.1. The Morgan fingerprint density at radius 3 is 2.70 bits per heavy atom. The Labute approximate surface area is 65.1 Å². The first-order valence-corrected chi connectivity index (χ1v) is 4.35. The summed E-state index contributed by atoms with van der Waals surface area (Å²) in [6, 6.07) is 0. The molecule has 0 rings (SSSR count). The van der Waals surface area contributed by atoms with Gasteiger partial charge in [-0.25, -0.2) is 4.39 Å². The molecule has 0 aromatic carbocycles. The SMILES string of the molecule is C=C(CF)CC(P)CCC. The Bertz CT molecular complexity index is 101. The first kappa shape index (κ1) is 10.1. The molecule has 10 heavy (non-hydrogen) atoms. The summed E-state index contributed by atoms with van der Waals surface area (Å²) in [5.74, 6) is 0. The fourth-order valence-corrected chi connectivity index (χ4v) is 1.56. The van der Waals surface area contributed by atoms with Crippen LogP contribution in [0.4, 0.5) is 4.39 Å². The summed E-state index contributed by atoms with van der Waals surface area (Å²) < 4.78 is 11.9. The lowest BCUT2D eigenvalue weighted by molar-refractivity contribution is 0.527. The van der Waals surface area contributed by atoms with Gasteiger partial charge in [0.2, 0.25) is 0 Å². The zero-order chi connectivity index (χ0) is 7.98. The Morgan fingerprint density at radius 2 is 2.30 bits per heavy atom. The highest BCUT2D eigenvalue weighted by Gasteiger charge is 2.02. The second kappa shape index (κ2) is 5.85. The van der Waals surface area contributed by atoms with E-state index in [2.05, 4.69) is 22.7 Å². The van der Waals surface area contributed by atoms with Gasteiger partial charge in [-0.15, -0.1) is 9.24 Å². The number of hydrogen-bond donors (Lipinski definition) is 0. The zero-order valence-electron chi connectivity index (χ0n) is 6.57. The summed E-state index contributed by atoms with van der Waals surface area (Å²) in [5, 5.41) is 0. The highest BCUT2D eigenvalue weighted by molar-refractivity contribution is 7.17. The Kier molecular flexibility index (Phi) is 5.91. The molecule has 0 radical (unpaired) electrons. The third-order valence-electron chi connectivity index (χ3n) is 1.40. The molecule has 60 valence electrons. The molecule has 0 saturated heterocycles. The molecule has 0 bridgehead atoms. The molecule has 2 unspecified atom stereocenters. The average molecular weight is 162 g/mol. The van der Waals surface area contributed by atoms with Gasteiger partial charge >= 0.3 is 0 Å². The van der Waals surface area contributed by atoms with Gasteiger partial charge in [0.15, 0.2) is 0 Å². The monoisotopic (exact) mass is 162 g/mol. The van der Waals surface area contributed by atoms with E-state index in [1.54, 1.807) is 0 Å². The van der Waals surface area contributed by atoms with Gasteiger partial charge < -0.3 is 0 Å². The molecule has 0 amide bonds. The van der Waals surface area contributed by atoms with Crippen LogP contribution in [-0.4, -0.2) is 12.3 Å². The van der Waals surface area contributed by atoms with Gasteiger partial charge in [-0.1, -0.05) is 19.9 Å². The normalized spacial score (nSPS) is 13.1. The molecular formula is C8H16FP. The number of rotatable bonds is 5. The van der Waals surface area contributed by atoms with E-state index in [1.807, 2.05) is 0 Å². The summed E-state index contributed by atoms with van der Waals surface area (Å²) in [6.45, 7) is 5.37. The number of alkyl halides is 1. The summed E-state index contributed by atoms with van der Waals surface area (Å²) in [7, 11) is 2.72. The van der Waals surface area contributed by atoms with Crippen LogP contribution in [0.3, 0.4) is 0 Å². The average Bonchev–Trinajstić information content (AvgIpc) is 1.88. The number of halogens is 1. The summed E-state index contributed by atoms with van der Waals surface area (Å²) >= 11 is 0. The highest BCUT2D eigenvalue weighted by Crippen LogP contribution is 2.16. The van der Waals surface area contributed by atoms with Crippen LogP contribution in [-0.2, 0) is 0 Å². The fourth-order valence-electron chi connectivity index (χ4n) is 0.898. The Morgan fingerprint density at radius 1 is 1.70 bits per heavy atom. The maximum absolute atomic E-state index is 11.9. The zero-order valence-corrected chi connectivity index (χ0v) is 7.72. The first-order valence-electron chi connectivity index (χ1n) is 3.68. The van der Waals surface area contributed by atoms with E-state index in [-0.39, 0.29) is 6.67 Å². The number of hydrogen-bond acceptors (Lipinski definition) is 0. The van der Waals surface area contributed by atoms with Gasteiger partial charge in [0.1, 0.15) is 6.67 Å². The quantitative estimate of drug-likeness (QED) is 0.430. The molecule has 0 aliphatic rings. The van der Waals surface area contributed by atoms with E-state index in [0.717, 1.165) is 19.3 Å². The van der Waals surface area contributed by atoms with Crippen molar-refractivity contribution < 1.29 is 4.39 Å². The molecule has 2 atom stereocenters. The molecule has 0 heterocycles. The van der Waals surface area contributed by atoms with Crippen molar-refractivity contribution in [2.75, 3.05) is 6.67 Å². The van der Waals surface area contributed by atoms with Gasteiger partial charge in [-0.05, 0) is 24.1 Å². The fraction of sp³-hybridized carbons (Fsp3) is 0.750. The second-order valence-corrected chi connectivity index (χ2v) is 3.58. The van der Waals surface area contributed by atoms with Crippen LogP contribution in [0.2, 0.25) is 0 Å². The Hall–Kier alpha value is 0.100. The standard InChI is InChI=1S/C8H16FP/c1-3-4-8(10)5-7(2)6-9/h8H,2-6,10H2,1H3. The van der Waals surface area contributed by atoms with Crippen LogP contribution in [0.1, 0.15) is 26.2 Å². The summed E-state index contributed by atoms with van der Waals surface area (Å²) in [4.78, 5) is 0. The van der Waals surface area contributed by atoms with Crippen molar-refractivity contribution in [1.82, 2.24) is 0 Å². The van der Waals surface area contributed by atoms with E-state index < -0.39 is 0 Å². The van der Waals surface area contributed by atoms with Crippen LogP contribution in [0.25, 0.3) is 0 Å². The van der Waals surface area contributed by atoms with Crippen LogP contribution in [0.5, 0.6) is 0 Å². The van der Waals surface area contributed by atoms with E-state index in [4.69, 9.17) is 0 Å². The van der Waals surface area contributed by atoms with Crippen molar-refractivity contribution >= 4 is 9.24 Å². The van der Waals surface area contributed by atoms with Gasteiger partial charge in [0.25, 0.3) is 0 Å². The van der Waals surface area contributed by atoms with Crippen LogP contribution in [0, 0.1) is 0 Å². The molecule has 0 aromatic rings. The largest absolute Gasteiger partial charge is 0.246 e. The minimum Gasteiger partial charge on any atom is -0.246 e. The lowest BCUT2D eigenvalue weighted by Gasteiger charge is -2.08. The number of allylic oxidation sites excluding steroid dienone is 1. The molecule has 0 spiro atoms. The summed E-state index contributed by atoms with van der Waals surface area (Å²) in [5.41, 5.74) is 1.24. The van der Waals surface area contributed by atoms with E-state index in [1.165, 1.54) is 0 Å². The maximum Gasteiger partial charge on any atom is 0.110 e. The van der Waals surface area contributed by atoms with Crippen LogP contribution >= 0.6 is 9.24 Å². The van der Waals surface area contributed by atoms with Gasteiger partial charge in [0.05, 0.1) is 0 Å². The van der Waals surface area contributed by atoms with E-state index >= 15 is 0 Å². The minimum atomic E-state index is -0.366. The molecule has 0 nitrogen and oxygen atoms in total. The van der Waals surface area contributed by atoms with Gasteiger partial charge in [-0.2, -0.15) is 0 Å². The molecule has 0 saturated carbocycles. The molecular weight excluding hydrogens is 146 g/mol. The topological polar surface area (TPSA) is 0 Å². The highest BCUT2D eigenvalue weighted by atomic mass is 31.0. The van der Waals surface area contributed by atoms with Crippen molar-refractivity contribution in [3.63, 3.8) is 0 Å². The molecule has 0 N–H and O–H groups in total. The predicted octanol–water partition coefficient (Wildman–Crippen LogP) is 2.95. The van der Waals surface area contributed by atoms with Gasteiger partial charge in [0, 0.05) is 0 Å². The van der Waals surface area contributed by atoms with Gasteiger partial charge in [-0.3, -0.25) is 0 Å². The first-order chi connectivity index (χ1) is 4.70. The third-order valence-corrected chi connectivity index (χ3v) is 1.97. The van der Waals surface area contributed by atoms with Crippen molar-refractivity contribution in [2.24, 2.45) is 0 Å². The summed E-state index contributed by atoms with van der Waals surface area (Å²) in [6.07, 6.45) is 3.12. The third kappa shape index (κ3) is 4.93. The molecule has 0 aliphatic carbocycles.